The summed E-state index contributed by atoms with van der Waals surface area (Å²) in [7, 11) is 0. The first kappa shape index (κ1) is 15.7. The Morgan fingerprint density at radius 2 is 1.84 bits per heavy atom. The molecule has 124 valence electrons. The zero-order valence-electron chi connectivity index (χ0n) is 13.0. The first-order valence-corrected chi connectivity index (χ1v) is 8.31. The molecule has 3 aromatic rings. The zero-order valence-corrected chi connectivity index (χ0v) is 14.5. The standard InChI is InChI=1S/C18H13Cl2N5/c19-13-3-1-4-15(9-13)25-18(6-7-22-25)17-5-2-8-24(23-17)16-10-14(20)11-21-12-16/h1-12,23H. The van der Waals surface area contributed by atoms with Crippen LogP contribution < -0.4 is 10.4 Å². The number of aromatic nitrogens is 3. The highest BCUT2D eigenvalue weighted by Gasteiger charge is 2.15. The maximum absolute atomic E-state index is 6.11. The molecule has 0 spiro atoms. The average Bonchev–Trinajstić information content (AvgIpc) is 3.12. The van der Waals surface area contributed by atoms with Crippen LogP contribution in [-0.4, -0.2) is 14.8 Å². The molecule has 4 rings (SSSR count). The molecule has 0 amide bonds. The number of rotatable bonds is 3. The molecule has 1 aliphatic heterocycles. The van der Waals surface area contributed by atoms with Crippen molar-refractivity contribution in [2.24, 2.45) is 0 Å². The van der Waals surface area contributed by atoms with Crippen LogP contribution in [0.2, 0.25) is 10.0 Å². The van der Waals surface area contributed by atoms with Crippen LogP contribution in [-0.2, 0) is 0 Å². The molecule has 0 aliphatic carbocycles. The number of anilines is 1. The van der Waals surface area contributed by atoms with Crippen molar-refractivity contribution in [3.05, 3.63) is 89.1 Å². The second kappa shape index (κ2) is 6.63. The van der Waals surface area contributed by atoms with Gasteiger partial charge in [-0.2, -0.15) is 5.10 Å². The first-order valence-electron chi connectivity index (χ1n) is 7.56. The fourth-order valence-corrected chi connectivity index (χ4v) is 2.93. The molecular formula is C18H13Cl2N5. The molecule has 0 atom stereocenters. The normalized spacial score (nSPS) is 13.5. The Morgan fingerprint density at radius 3 is 2.68 bits per heavy atom. The van der Waals surface area contributed by atoms with Gasteiger partial charge in [0.1, 0.15) is 0 Å². The summed E-state index contributed by atoms with van der Waals surface area (Å²) >= 11 is 12.1. The van der Waals surface area contributed by atoms with Crippen molar-refractivity contribution < 1.29 is 0 Å². The summed E-state index contributed by atoms with van der Waals surface area (Å²) in [6.07, 6.45) is 10.9. The Bertz CT molecular complexity index is 977. The highest BCUT2D eigenvalue weighted by molar-refractivity contribution is 6.31. The van der Waals surface area contributed by atoms with E-state index in [1.54, 1.807) is 18.6 Å². The van der Waals surface area contributed by atoms with Crippen LogP contribution in [0, 0.1) is 0 Å². The smallest absolute Gasteiger partial charge is 0.0918 e. The minimum absolute atomic E-state index is 0.577. The average molecular weight is 370 g/mol. The summed E-state index contributed by atoms with van der Waals surface area (Å²) in [5.74, 6) is 0. The van der Waals surface area contributed by atoms with Crippen LogP contribution in [0.15, 0.2) is 73.3 Å². The molecular weight excluding hydrogens is 357 g/mol. The predicted molar refractivity (Wildman–Crippen MR) is 101 cm³/mol. The quantitative estimate of drug-likeness (QED) is 0.740. The topological polar surface area (TPSA) is 46.0 Å². The first-order chi connectivity index (χ1) is 12.2. The van der Waals surface area contributed by atoms with E-state index in [-0.39, 0.29) is 0 Å². The van der Waals surface area contributed by atoms with Gasteiger partial charge in [-0.15, -0.1) is 0 Å². The Balaban J connectivity index is 1.66. The summed E-state index contributed by atoms with van der Waals surface area (Å²) in [6, 6.07) is 11.3. The van der Waals surface area contributed by atoms with Crippen molar-refractivity contribution in [1.29, 1.82) is 0 Å². The van der Waals surface area contributed by atoms with Gasteiger partial charge in [0.25, 0.3) is 0 Å². The van der Waals surface area contributed by atoms with Gasteiger partial charge in [0.05, 0.1) is 40.2 Å². The Morgan fingerprint density at radius 1 is 0.960 bits per heavy atom. The zero-order chi connectivity index (χ0) is 17.2. The van der Waals surface area contributed by atoms with Crippen LogP contribution >= 0.6 is 23.2 Å². The number of allylic oxidation sites excluding steroid dienone is 2. The molecule has 1 N–H and O–H groups in total. The van der Waals surface area contributed by atoms with Crippen molar-refractivity contribution in [2.75, 3.05) is 5.01 Å². The van der Waals surface area contributed by atoms with Gasteiger partial charge in [-0.25, -0.2) is 4.68 Å². The molecule has 0 radical (unpaired) electrons. The largest absolute Gasteiger partial charge is 0.292 e. The molecule has 0 saturated heterocycles. The minimum atomic E-state index is 0.577. The highest BCUT2D eigenvalue weighted by atomic mass is 35.5. The lowest BCUT2D eigenvalue weighted by Gasteiger charge is -2.26. The van der Waals surface area contributed by atoms with Gasteiger partial charge in [0.2, 0.25) is 0 Å². The fourth-order valence-electron chi connectivity index (χ4n) is 2.58. The maximum Gasteiger partial charge on any atom is 0.0918 e. The lowest BCUT2D eigenvalue weighted by atomic mass is 10.2. The van der Waals surface area contributed by atoms with Gasteiger partial charge in [-0.3, -0.25) is 15.4 Å². The van der Waals surface area contributed by atoms with E-state index in [0.29, 0.717) is 10.0 Å². The van der Waals surface area contributed by atoms with E-state index in [1.807, 2.05) is 64.4 Å². The fraction of sp³-hybridized carbons (Fsp3) is 0. The van der Waals surface area contributed by atoms with Crippen LogP contribution in [0.25, 0.3) is 11.4 Å². The predicted octanol–water partition coefficient (Wildman–Crippen LogP) is 4.45. The van der Waals surface area contributed by atoms with Gasteiger partial charge in [0.15, 0.2) is 0 Å². The Hall–Kier alpha value is -2.76. The van der Waals surface area contributed by atoms with Crippen LogP contribution in [0.4, 0.5) is 5.69 Å². The molecule has 1 aliphatic rings. The van der Waals surface area contributed by atoms with Gasteiger partial charge in [0, 0.05) is 17.4 Å². The molecule has 0 fully saturated rings. The maximum atomic E-state index is 6.11. The number of nitrogens with one attached hydrogen (secondary N) is 1. The van der Waals surface area contributed by atoms with Gasteiger partial charge in [-0.1, -0.05) is 29.3 Å². The van der Waals surface area contributed by atoms with E-state index in [1.165, 1.54) is 0 Å². The minimum Gasteiger partial charge on any atom is -0.292 e. The van der Waals surface area contributed by atoms with Crippen molar-refractivity contribution in [3.63, 3.8) is 0 Å². The number of benzene rings is 1. The van der Waals surface area contributed by atoms with Crippen molar-refractivity contribution in [1.82, 2.24) is 20.2 Å². The highest BCUT2D eigenvalue weighted by Crippen LogP contribution is 2.24. The Kier molecular flexibility index (Phi) is 4.17. The van der Waals surface area contributed by atoms with Crippen molar-refractivity contribution >= 4 is 34.6 Å². The van der Waals surface area contributed by atoms with Crippen LogP contribution in [0.3, 0.4) is 0 Å². The number of nitrogens with zero attached hydrogens (tertiary/aromatic N) is 4. The molecule has 0 unspecified atom stereocenters. The van der Waals surface area contributed by atoms with E-state index in [4.69, 9.17) is 23.2 Å². The number of pyridine rings is 1. The summed E-state index contributed by atoms with van der Waals surface area (Å²) < 4.78 is 1.83. The number of halogens is 2. The lowest BCUT2D eigenvalue weighted by Crippen LogP contribution is -2.34. The summed E-state index contributed by atoms with van der Waals surface area (Å²) in [5, 5.41) is 7.51. The van der Waals surface area contributed by atoms with Gasteiger partial charge in [-0.05, 0) is 42.5 Å². The van der Waals surface area contributed by atoms with Gasteiger partial charge < -0.3 is 0 Å². The van der Waals surface area contributed by atoms with Crippen LogP contribution in [0.1, 0.15) is 5.69 Å². The molecule has 5 nitrogen and oxygen atoms in total. The van der Waals surface area contributed by atoms with Crippen molar-refractivity contribution in [2.45, 2.75) is 0 Å². The molecule has 3 heterocycles. The van der Waals surface area contributed by atoms with Crippen LogP contribution in [0.5, 0.6) is 0 Å². The number of hydrazine groups is 1. The summed E-state index contributed by atoms with van der Waals surface area (Å²) in [5.41, 5.74) is 6.86. The number of hydrogen-bond acceptors (Lipinski definition) is 4. The van der Waals surface area contributed by atoms with Crippen molar-refractivity contribution in [3.8, 4) is 5.69 Å². The van der Waals surface area contributed by atoms with E-state index >= 15 is 0 Å². The van der Waals surface area contributed by atoms with E-state index < -0.39 is 0 Å². The van der Waals surface area contributed by atoms with E-state index in [2.05, 4.69) is 15.5 Å². The molecule has 7 heteroatoms. The number of hydrogen-bond donors (Lipinski definition) is 1. The molecule has 2 aromatic heterocycles. The second-order valence-electron chi connectivity index (χ2n) is 5.37. The van der Waals surface area contributed by atoms with E-state index in [0.717, 1.165) is 22.8 Å². The van der Waals surface area contributed by atoms with Gasteiger partial charge >= 0.3 is 0 Å². The molecule has 1 aromatic carbocycles. The second-order valence-corrected chi connectivity index (χ2v) is 6.25. The Labute approximate surface area is 154 Å². The summed E-state index contributed by atoms with van der Waals surface area (Å²) in [6.45, 7) is 0. The SMILES string of the molecule is Clc1cncc(N2C=CC=C(c3ccnn3-c3cccc(Cl)c3)N2)c1. The monoisotopic (exact) mass is 369 g/mol. The summed E-state index contributed by atoms with van der Waals surface area (Å²) in [4.78, 5) is 4.12. The molecule has 0 bridgehead atoms. The molecule has 25 heavy (non-hydrogen) atoms. The third-order valence-electron chi connectivity index (χ3n) is 3.68. The molecule has 0 saturated carbocycles. The van der Waals surface area contributed by atoms with E-state index in [9.17, 15) is 0 Å². The lowest BCUT2D eigenvalue weighted by molar-refractivity contribution is 0.826. The third-order valence-corrected chi connectivity index (χ3v) is 4.12. The third kappa shape index (κ3) is 3.24.